The molecule has 0 saturated carbocycles. The lowest BCUT2D eigenvalue weighted by molar-refractivity contribution is -0.184. The van der Waals surface area contributed by atoms with Crippen molar-refractivity contribution in [2.75, 3.05) is 19.0 Å². The average Bonchev–Trinajstić information content (AvgIpc) is 2.36. The van der Waals surface area contributed by atoms with Gasteiger partial charge in [-0.25, -0.2) is 0 Å². The van der Waals surface area contributed by atoms with Crippen molar-refractivity contribution >= 4 is 11.6 Å². The topological polar surface area (TPSA) is 64.3 Å². The molecule has 0 spiro atoms. The first-order valence-corrected chi connectivity index (χ1v) is 5.94. The highest BCUT2D eigenvalue weighted by atomic mass is 19.4. The molecule has 1 atom stereocenters. The summed E-state index contributed by atoms with van der Waals surface area (Å²) in [7, 11) is 1.52. The van der Waals surface area contributed by atoms with Crippen LogP contribution in [0.15, 0.2) is 24.3 Å². The Bertz CT molecular complexity index is 473. The molecule has 1 aromatic rings. The summed E-state index contributed by atoms with van der Waals surface area (Å²) in [6.07, 6.45) is -4.35. The smallest absolute Gasteiger partial charge is 0.384 e. The predicted octanol–water partition coefficient (Wildman–Crippen LogP) is 2.09. The first kappa shape index (κ1) is 16.5. The summed E-state index contributed by atoms with van der Waals surface area (Å²) < 4.78 is 43.0. The second-order valence-electron chi connectivity index (χ2n) is 4.55. The standard InChI is InChI=1S/C13H17F3N2O2/c1-12(17,13(14,15)16)11(19)18-10-6-4-3-5-9(10)7-8-20-2/h3-6H,7-8,17H2,1-2H3,(H,18,19). The van der Waals surface area contributed by atoms with Gasteiger partial charge >= 0.3 is 6.18 Å². The molecule has 0 aromatic heterocycles. The first-order chi connectivity index (χ1) is 9.20. The molecule has 1 unspecified atom stereocenters. The maximum Gasteiger partial charge on any atom is 0.415 e. The van der Waals surface area contributed by atoms with Crippen molar-refractivity contribution in [3.63, 3.8) is 0 Å². The minimum Gasteiger partial charge on any atom is -0.384 e. The molecule has 0 aliphatic heterocycles. The van der Waals surface area contributed by atoms with Crippen LogP contribution in [0.25, 0.3) is 0 Å². The second kappa shape index (κ2) is 6.23. The summed E-state index contributed by atoms with van der Waals surface area (Å²) in [6.45, 7) is 1.03. The van der Waals surface area contributed by atoms with Crippen LogP contribution in [0.4, 0.5) is 18.9 Å². The zero-order valence-corrected chi connectivity index (χ0v) is 11.3. The molecule has 4 nitrogen and oxygen atoms in total. The van der Waals surface area contributed by atoms with Gasteiger partial charge in [-0.2, -0.15) is 13.2 Å². The molecule has 1 amide bonds. The molecule has 0 heterocycles. The highest BCUT2D eigenvalue weighted by Gasteiger charge is 2.54. The first-order valence-electron chi connectivity index (χ1n) is 5.94. The zero-order valence-electron chi connectivity index (χ0n) is 11.3. The SMILES string of the molecule is COCCc1ccccc1NC(=O)C(C)(N)C(F)(F)F. The number of hydrogen-bond acceptors (Lipinski definition) is 3. The van der Waals surface area contributed by atoms with Crippen LogP contribution in [0.3, 0.4) is 0 Å². The number of carbonyl (C=O) groups excluding carboxylic acids is 1. The third kappa shape index (κ3) is 3.71. The molecule has 0 bridgehead atoms. The van der Waals surface area contributed by atoms with Gasteiger partial charge in [0, 0.05) is 12.8 Å². The number of nitrogens with one attached hydrogen (secondary N) is 1. The van der Waals surface area contributed by atoms with Gasteiger partial charge < -0.3 is 15.8 Å². The molecule has 1 aromatic carbocycles. The second-order valence-corrected chi connectivity index (χ2v) is 4.55. The number of amides is 1. The Kier molecular flexibility index (Phi) is 5.13. The van der Waals surface area contributed by atoms with Gasteiger partial charge in [0.15, 0.2) is 5.54 Å². The lowest BCUT2D eigenvalue weighted by Crippen LogP contribution is -2.59. The van der Waals surface area contributed by atoms with Crippen molar-refractivity contribution in [3.8, 4) is 0 Å². The number of para-hydroxylation sites is 1. The minimum absolute atomic E-state index is 0.301. The van der Waals surface area contributed by atoms with Gasteiger partial charge in [0.1, 0.15) is 0 Å². The van der Waals surface area contributed by atoms with Crippen LogP contribution in [0.1, 0.15) is 12.5 Å². The number of halogens is 3. The monoisotopic (exact) mass is 290 g/mol. The van der Waals surface area contributed by atoms with Crippen LogP contribution in [-0.2, 0) is 16.0 Å². The summed E-state index contributed by atoms with van der Waals surface area (Å²) in [5.74, 6) is -1.30. The van der Waals surface area contributed by atoms with Crippen LogP contribution >= 0.6 is 0 Å². The minimum atomic E-state index is -4.82. The maximum atomic E-state index is 12.7. The maximum absolute atomic E-state index is 12.7. The predicted molar refractivity (Wildman–Crippen MR) is 69.3 cm³/mol. The molecule has 0 radical (unpaired) electrons. The summed E-state index contributed by atoms with van der Waals surface area (Å²) in [5, 5.41) is 2.23. The molecule has 0 aliphatic rings. The largest absolute Gasteiger partial charge is 0.415 e. The molecule has 3 N–H and O–H groups in total. The number of methoxy groups -OCH3 is 1. The Labute approximate surface area is 115 Å². The fraction of sp³-hybridized carbons (Fsp3) is 0.462. The lowest BCUT2D eigenvalue weighted by atomic mass is 10.0. The van der Waals surface area contributed by atoms with Crippen molar-refractivity contribution in [2.45, 2.75) is 25.1 Å². The van der Waals surface area contributed by atoms with Gasteiger partial charge in [0.2, 0.25) is 0 Å². The van der Waals surface area contributed by atoms with Gasteiger partial charge in [0.25, 0.3) is 5.91 Å². The van der Waals surface area contributed by atoms with E-state index in [4.69, 9.17) is 10.5 Å². The Morgan fingerprint density at radius 3 is 2.50 bits per heavy atom. The van der Waals surface area contributed by atoms with E-state index in [1.54, 1.807) is 18.2 Å². The molecular weight excluding hydrogens is 273 g/mol. The Morgan fingerprint density at radius 1 is 1.35 bits per heavy atom. The summed E-state index contributed by atoms with van der Waals surface area (Å²) in [5.41, 5.74) is 3.11. The Morgan fingerprint density at radius 2 is 1.95 bits per heavy atom. The number of benzene rings is 1. The van der Waals surface area contributed by atoms with Gasteiger partial charge in [-0.3, -0.25) is 4.79 Å². The van der Waals surface area contributed by atoms with Gasteiger partial charge in [-0.05, 0) is 25.0 Å². The summed E-state index contributed by atoms with van der Waals surface area (Å²) >= 11 is 0. The van der Waals surface area contributed by atoms with Crippen LogP contribution in [0.5, 0.6) is 0 Å². The van der Waals surface area contributed by atoms with Gasteiger partial charge in [-0.1, -0.05) is 18.2 Å². The fourth-order valence-corrected chi connectivity index (χ4v) is 1.45. The van der Waals surface area contributed by atoms with Crippen LogP contribution < -0.4 is 11.1 Å². The molecule has 1 rings (SSSR count). The normalized spacial score (nSPS) is 14.7. The highest BCUT2D eigenvalue weighted by molar-refractivity contribution is 5.98. The van der Waals surface area contributed by atoms with E-state index in [-0.39, 0.29) is 0 Å². The van der Waals surface area contributed by atoms with E-state index in [1.165, 1.54) is 13.2 Å². The number of carbonyl (C=O) groups is 1. The van der Waals surface area contributed by atoms with E-state index in [2.05, 4.69) is 5.32 Å². The number of ether oxygens (including phenoxy) is 1. The number of alkyl halides is 3. The van der Waals surface area contributed by atoms with Crippen molar-refractivity contribution in [1.82, 2.24) is 0 Å². The van der Waals surface area contributed by atoms with Gasteiger partial charge in [-0.15, -0.1) is 0 Å². The molecule has 112 valence electrons. The van der Waals surface area contributed by atoms with Crippen molar-refractivity contribution in [1.29, 1.82) is 0 Å². The van der Waals surface area contributed by atoms with E-state index in [0.29, 0.717) is 31.2 Å². The molecule has 20 heavy (non-hydrogen) atoms. The fourth-order valence-electron chi connectivity index (χ4n) is 1.45. The Balaban J connectivity index is 2.91. The quantitative estimate of drug-likeness (QED) is 0.872. The van der Waals surface area contributed by atoms with Crippen LogP contribution in [-0.4, -0.2) is 31.3 Å². The van der Waals surface area contributed by atoms with E-state index in [0.717, 1.165) is 0 Å². The number of nitrogens with two attached hydrogens (primary N) is 1. The third-order valence-corrected chi connectivity index (χ3v) is 2.90. The molecule has 0 saturated heterocycles. The average molecular weight is 290 g/mol. The van der Waals surface area contributed by atoms with Crippen molar-refractivity contribution in [2.24, 2.45) is 5.73 Å². The lowest BCUT2D eigenvalue weighted by Gasteiger charge is -2.26. The molecule has 0 aliphatic carbocycles. The van der Waals surface area contributed by atoms with E-state index in [9.17, 15) is 18.0 Å². The molecule has 0 fully saturated rings. The third-order valence-electron chi connectivity index (χ3n) is 2.90. The molecule has 7 heteroatoms. The van der Waals surface area contributed by atoms with Crippen LogP contribution in [0.2, 0.25) is 0 Å². The van der Waals surface area contributed by atoms with Crippen molar-refractivity contribution < 1.29 is 22.7 Å². The zero-order chi connectivity index (χ0) is 15.4. The number of rotatable bonds is 5. The van der Waals surface area contributed by atoms with E-state index in [1.807, 2.05) is 0 Å². The van der Waals surface area contributed by atoms with E-state index < -0.39 is 17.6 Å². The number of hydrogen-bond donors (Lipinski definition) is 2. The molecular formula is C13H17F3N2O2. The van der Waals surface area contributed by atoms with Gasteiger partial charge in [0.05, 0.1) is 6.61 Å². The number of anilines is 1. The summed E-state index contributed by atoms with van der Waals surface area (Å²) in [6, 6.07) is 6.57. The highest BCUT2D eigenvalue weighted by Crippen LogP contribution is 2.29. The summed E-state index contributed by atoms with van der Waals surface area (Å²) in [4.78, 5) is 11.7. The Hall–Kier alpha value is -1.60. The van der Waals surface area contributed by atoms with Crippen molar-refractivity contribution in [3.05, 3.63) is 29.8 Å². The van der Waals surface area contributed by atoms with E-state index >= 15 is 0 Å². The van der Waals surface area contributed by atoms with Crippen LogP contribution in [0, 0.1) is 0 Å².